The van der Waals surface area contributed by atoms with E-state index in [9.17, 15) is 0 Å². The van der Waals surface area contributed by atoms with Crippen molar-refractivity contribution in [3.63, 3.8) is 0 Å². The molecular weight excluding hydrogens is 435 g/mol. The first-order valence-corrected chi connectivity index (χ1v) is 13.1. The van der Waals surface area contributed by atoms with Crippen molar-refractivity contribution in [2.75, 3.05) is 0 Å². The van der Waals surface area contributed by atoms with Gasteiger partial charge in [-0.15, -0.1) is 22.7 Å². The Kier molecular flexibility index (Phi) is 3.60. The first-order chi connectivity index (χ1) is 16.4. The smallest absolute Gasteiger partial charge is 0.144 e. The molecule has 3 heterocycles. The summed E-state index contributed by atoms with van der Waals surface area (Å²) in [6, 6.07) is 33.8. The highest BCUT2D eigenvalue weighted by molar-refractivity contribution is 7.23. The first-order valence-electron chi connectivity index (χ1n) is 11.3. The van der Waals surface area contributed by atoms with Crippen LogP contribution in [0.25, 0.3) is 52.8 Å². The van der Waals surface area contributed by atoms with E-state index in [1.165, 1.54) is 69.2 Å². The summed E-state index contributed by atoms with van der Waals surface area (Å²) in [5.41, 5.74) is 7.09. The highest BCUT2D eigenvalue weighted by atomic mass is 32.1. The normalized spacial score (nSPS) is 12.8. The number of hydrogen-bond acceptors (Lipinski definition) is 2. The van der Waals surface area contributed by atoms with Crippen molar-refractivity contribution >= 4 is 87.5 Å². The minimum Gasteiger partial charge on any atom is -0.144 e. The lowest BCUT2D eigenvalue weighted by atomic mass is 9.36. The Morgan fingerprint density at radius 3 is 1.58 bits per heavy atom. The van der Waals surface area contributed by atoms with Gasteiger partial charge in [0.1, 0.15) is 0 Å². The molecule has 1 aliphatic heterocycles. The fraction of sp³-hybridized carbons (Fsp3) is 0. The second-order valence-corrected chi connectivity index (χ2v) is 10.7. The second-order valence-electron chi connectivity index (χ2n) is 8.91. The van der Waals surface area contributed by atoms with Crippen LogP contribution in [0.1, 0.15) is 0 Å². The van der Waals surface area contributed by atoms with Gasteiger partial charge in [0.2, 0.25) is 6.71 Å². The maximum Gasteiger partial charge on any atom is 0.246 e. The van der Waals surface area contributed by atoms with Gasteiger partial charge >= 0.3 is 0 Å². The van der Waals surface area contributed by atoms with E-state index in [4.69, 9.17) is 0 Å². The summed E-state index contributed by atoms with van der Waals surface area (Å²) in [4.78, 5) is 0. The molecule has 0 fully saturated rings. The van der Waals surface area contributed by atoms with E-state index in [0.29, 0.717) is 0 Å². The summed E-state index contributed by atoms with van der Waals surface area (Å²) in [7, 11) is 0. The van der Waals surface area contributed by atoms with E-state index < -0.39 is 0 Å². The van der Waals surface area contributed by atoms with Crippen molar-refractivity contribution in [3.05, 3.63) is 102 Å². The molecule has 0 N–H and O–H groups in total. The van der Waals surface area contributed by atoms with Crippen LogP contribution in [-0.4, -0.2) is 6.71 Å². The molecule has 0 saturated heterocycles. The van der Waals surface area contributed by atoms with Crippen LogP contribution in [0.5, 0.6) is 0 Å². The zero-order chi connectivity index (χ0) is 21.5. The standard InChI is InChI=1S/C30H17BS2/c1-3-9-20-18(7-1)15-19-8-2-4-10-21(19)30(20)31-24-16-32-26-13-5-11-22(28(24)26)23-12-6-14-27-29(23)25(31)17-33-27/h1-17H. The van der Waals surface area contributed by atoms with Gasteiger partial charge in [-0.3, -0.25) is 0 Å². The number of rotatable bonds is 1. The van der Waals surface area contributed by atoms with E-state index in [0.717, 1.165) is 0 Å². The molecule has 8 rings (SSSR count). The van der Waals surface area contributed by atoms with Crippen LogP contribution < -0.4 is 16.4 Å². The zero-order valence-corrected chi connectivity index (χ0v) is 19.3. The zero-order valence-electron chi connectivity index (χ0n) is 17.7. The molecule has 0 nitrogen and oxygen atoms in total. The molecule has 0 bridgehead atoms. The molecule has 0 saturated carbocycles. The van der Waals surface area contributed by atoms with Gasteiger partial charge in [-0.2, -0.15) is 0 Å². The molecule has 5 aromatic carbocycles. The van der Waals surface area contributed by atoms with Gasteiger partial charge in [-0.1, -0.05) is 78.3 Å². The van der Waals surface area contributed by atoms with E-state index in [2.05, 4.69) is 102 Å². The van der Waals surface area contributed by atoms with Crippen molar-refractivity contribution in [1.29, 1.82) is 0 Å². The molecule has 152 valence electrons. The van der Waals surface area contributed by atoms with Crippen molar-refractivity contribution in [2.45, 2.75) is 0 Å². The average Bonchev–Trinajstić information content (AvgIpc) is 3.46. The molecule has 1 aliphatic rings. The quantitative estimate of drug-likeness (QED) is 0.187. The third-order valence-corrected chi connectivity index (χ3v) is 9.20. The molecule has 33 heavy (non-hydrogen) atoms. The van der Waals surface area contributed by atoms with Crippen LogP contribution in [0.2, 0.25) is 0 Å². The van der Waals surface area contributed by atoms with Gasteiger partial charge in [0, 0.05) is 9.40 Å². The molecule has 0 spiro atoms. The van der Waals surface area contributed by atoms with Gasteiger partial charge in [0.15, 0.2) is 0 Å². The number of benzene rings is 5. The Balaban J connectivity index is 1.64. The van der Waals surface area contributed by atoms with Crippen LogP contribution in [0, 0.1) is 0 Å². The fourth-order valence-electron chi connectivity index (χ4n) is 5.94. The van der Waals surface area contributed by atoms with Crippen LogP contribution in [0.3, 0.4) is 0 Å². The summed E-state index contributed by atoms with van der Waals surface area (Å²) >= 11 is 3.76. The lowest BCUT2D eigenvalue weighted by molar-refractivity contribution is 1.76. The van der Waals surface area contributed by atoms with E-state index in [1.807, 2.05) is 22.7 Å². The molecule has 0 atom stereocenters. The molecule has 7 aromatic rings. The molecule has 3 heteroatoms. The van der Waals surface area contributed by atoms with Crippen LogP contribution in [-0.2, 0) is 0 Å². The third-order valence-electron chi connectivity index (χ3n) is 7.27. The Bertz CT molecular complexity index is 1750. The van der Waals surface area contributed by atoms with Gasteiger partial charge < -0.3 is 0 Å². The molecule has 2 aromatic heterocycles. The predicted octanol–water partition coefficient (Wildman–Crippen LogP) is 6.92. The van der Waals surface area contributed by atoms with Crippen molar-refractivity contribution in [1.82, 2.24) is 0 Å². The lowest BCUT2D eigenvalue weighted by Gasteiger charge is -2.19. The third kappa shape index (κ3) is 2.36. The van der Waals surface area contributed by atoms with Gasteiger partial charge in [0.25, 0.3) is 0 Å². The maximum atomic E-state index is 2.42. The molecular formula is C30H17BS2. The Morgan fingerprint density at radius 1 is 0.515 bits per heavy atom. The highest BCUT2D eigenvalue weighted by Gasteiger charge is 2.34. The van der Waals surface area contributed by atoms with Crippen LogP contribution in [0.4, 0.5) is 0 Å². The average molecular weight is 452 g/mol. The molecule has 0 unspecified atom stereocenters. The van der Waals surface area contributed by atoms with Crippen molar-refractivity contribution in [2.24, 2.45) is 0 Å². The van der Waals surface area contributed by atoms with Gasteiger partial charge in [-0.25, -0.2) is 0 Å². The molecule has 0 radical (unpaired) electrons. The van der Waals surface area contributed by atoms with Gasteiger partial charge in [0.05, 0.1) is 0 Å². The van der Waals surface area contributed by atoms with Crippen LogP contribution >= 0.6 is 22.7 Å². The Morgan fingerprint density at radius 2 is 1.03 bits per heavy atom. The van der Waals surface area contributed by atoms with Gasteiger partial charge in [-0.05, 0) is 83.3 Å². The Labute approximate surface area is 199 Å². The summed E-state index contributed by atoms with van der Waals surface area (Å²) in [6.07, 6.45) is 0. The fourth-order valence-corrected chi connectivity index (χ4v) is 7.96. The van der Waals surface area contributed by atoms with Crippen molar-refractivity contribution in [3.8, 4) is 11.1 Å². The number of fused-ring (bicyclic) bond motifs is 3. The first kappa shape index (κ1) is 18.1. The SMILES string of the molecule is c1ccc2c(B3c4csc5cccc(c45)-c4cccc5scc3c45)c3ccccc3cc2c1. The monoisotopic (exact) mass is 452 g/mol. The molecule has 0 amide bonds. The predicted molar refractivity (Wildman–Crippen MR) is 149 cm³/mol. The van der Waals surface area contributed by atoms with Crippen LogP contribution in [0.15, 0.2) is 102 Å². The number of thiophene rings is 2. The topological polar surface area (TPSA) is 0 Å². The number of hydrogen-bond donors (Lipinski definition) is 0. The van der Waals surface area contributed by atoms with E-state index >= 15 is 0 Å². The van der Waals surface area contributed by atoms with E-state index in [1.54, 1.807) is 0 Å². The minimum absolute atomic E-state index is 0.202. The second kappa shape index (κ2) is 6.57. The largest absolute Gasteiger partial charge is 0.246 e. The van der Waals surface area contributed by atoms with E-state index in [-0.39, 0.29) is 6.71 Å². The summed E-state index contributed by atoms with van der Waals surface area (Å²) in [5, 5.41) is 13.0. The maximum absolute atomic E-state index is 2.42. The molecule has 0 aliphatic carbocycles. The summed E-state index contributed by atoms with van der Waals surface area (Å²) in [6.45, 7) is 0.202. The summed E-state index contributed by atoms with van der Waals surface area (Å²) < 4.78 is 2.76. The van der Waals surface area contributed by atoms with Crippen molar-refractivity contribution < 1.29 is 0 Å². The lowest BCUT2D eigenvalue weighted by Crippen LogP contribution is -2.51. The Hall–Kier alpha value is -3.40. The summed E-state index contributed by atoms with van der Waals surface area (Å²) in [5.74, 6) is 0. The highest BCUT2D eigenvalue weighted by Crippen LogP contribution is 2.39. The minimum atomic E-state index is 0.202.